The van der Waals surface area contributed by atoms with Gasteiger partial charge in [-0.25, -0.2) is 4.79 Å². The van der Waals surface area contributed by atoms with Crippen molar-refractivity contribution in [1.29, 1.82) is 0 Å². The summed E-state index contributed by atoms with van der Waals surface area (Å²) in [6, 6.07) is 1.53. The summed E-state index contributed by atoms with van der Waals surface area (Å²) < 4.78 is 0.943. The molecule has 1 heterocycles. The molecular weight excluding hydrogens is 332 g/mol. The van der Waals surface area contributed by atoms with Crippen LogP contribution in [-0.2, 0) is 11.3 Å². The molecular formula is C12H17BrN2O3S. The quantitative estimate of drug-likeness (QED) is 0.878. The Morgan fingerprint density at radius 2 is 2.11 bits per heavy atom. The van der Waals surface area contributed by atoms with Gasteiger partial charge in [0.15, 0.2) is 0 Å². The van der Waals surface area contributed by atoms with Crippen LogP contribution in [0.2, 0.25) is 0 Å². The molecule has 1 rings (SSSR count). The molecule has 0 unspecified atom stereocenters. The molecule has 0 aliphatic carbocycles. The molecule has 106 valence electrons. The molecule has 2 amide bonds. The van der Waals surface area contributed by atoms with Crippen molar-refractivity contribution < 1.29 is 14.7 Å². The Morgan fingerprint density at radius 1 is 1.47 bits per heavy atom. The molecule has 0 saturated carbocycles. The Balaban J connectivity index is 2.67. The third-order valence-electron chi connectivity index (χ3n) is 2.44. The van der Waals surface area contributed by atoms with E-state index in [4.69, 9.17) is 5.11 Å². The molecule has 2 N–H and O–H groups in total. The maximum atomic E-state index is 12.1. The van der Waals surface area contributed by atoms with E-state index in [1.165, 1.54) is 16.2 Å². The largest absolute Gasteiger partial charge is 0.480 e. The Morgan fingerprint density at radius 3 is 2.53 bits per heavy atom. The van der Waals surface area contributed by atoms with Crippen LogP contribution in [0.5, 0.6) is 0 Å². The first-order chi connectivity index (χ1) is 8.71. The number of halogens is 1. The zero-order chi connectivity index (χ0) is 14.6. The summed E-state index contributed by atoms with van der Waals surface area (Å²) in [5, 5.41) is 13.5. The number of rotatable bonds is 4. The van der Waals surface area contributed by atoms with Gasteiger partial charge in [-0.3, -0.25) is 4.79 Å². The highest BCUT2D eigenvalue weighted by Crippen LogP contribution is 2.22. The van der Waals surface area contributed by atoms with Crippen molar-refractivity contribution >= 4 is 39.3 Å². The molecule has 0 bridgehead atoms. The van der Waals surface area contributed by atoms with Crippen LogP contribution in [0.4, 0.5) is 4.79 Å². The minimum Gasteiger partial charge on any atom is -0.480 e. The number of carbonyl (C=O) groups excluding carboxylic acids is 1. The van der Waals surface area contributed by atoms with E-state index in [2.05, 4.69) is 21.2 Å². The topological polar surface area (TPSA) is 69.6 Å². The molecule has 0 atom stereocenters. The third kappa shape index (κ3) is 4.83. The van der Waals surface area contributed by atoms with Gasteiger partial charge >= 0.3 is 12.0 Å². The average Bonchev–Trinajstić information content (AvgIpc) is 2.67. The summed E-state index contributed by atoms with van der Waals surface area (Å²) in [6.45, 7) is 5.47. The fraction of sp³-hybridized carbons (Fsp3) is 0.500. The molecule has 0 saturated heterocycles. The van der Waals surface area contributed by atoms with Crippen LogP contribution in [0.25, 0.3) is 0 Å². The maximum Gasteiger partial charge on any atom is 0.323 e. The predicted octanol–water partition coefficient (Wildman–Crippen LogP) is 2.91. The third-order valence-corrected chi connectivity index (χ3v) is 4.37. The number of urea groups is 1. The number of aliphatic carboxylic acids is 1. The van der Waals surface area contributed by atoms with Crippen molar-refractivity contribution in [2.24, 2.45) is 0 Å². The minimum atomic E-state index is -1.03. The lowest BCUT2D eigenvalue weighted by molar-refractivity contribution is -0.138. The second-order valence-electron chi connectivity index (χ2n) is 5.00. The standard InChI is InChI=1S/C12H17BrN2O3S/c1-12(2,3)15(7-10(16)17)11(18)14-6-9-8(13)4-5-19-9/h4-5H,6-7H2,1-3H3,(H,14,18)(H,16,17). The van der Waals surface area contributed by atoms with Gasteiger partial charge in [-0.05, 0) is 48.1 Å². The second-order valence-corrected chi connectivity index (χ2v) is 6.86. The first kappa shape index (κ1) is 16.0. The average molecular weight is 349 g/mol. The molecule has 0 aliphatic rings. The van der Waals surface area contributed by atoms with Crippen molar-refractivity contribution in [2.75, 3.05) is 6.54 Å². The van der Waals surface area contributed by atoms with Gasteiger partial charge in [-0.2, -0.15) is 0 Å². The predicted molar refractivity (Wildman–Crippen MR) is 78.3 cm³/mol. The van der Waals surface area contributed by atoms with E-state index in [0.717, 1.165) is 9.35 Å². The van der Waals surface area contributed by atoms with Crippen LogP contribution < -0.4 is 5.32 Å². The molecule has 1 aromatic rings. The number of carbonyl (C=O) groups is 2. The lowest BCUT2D eigenvalue weighted by Crippen LogP contribution is -2.52. The maximum absolute atomic E-state index is 12.1. The van der Waals surface area contributed by atoms with E-state index >= 15 is 0 Å². The molecule has 0 spiro atoms. The number of nitrogens with one attached hydrogen (secondary N) is 1. The van der Waals surface area contributed by atoms with Gasteiger partial charge in [0.2, 0.25) is 0 Å². The lowest BCUT2D eigenvalue weighted by atomic mass is 10.1. The number of carboxylic acid groups (broad SMARTS) is 1. The number of hydrogen-bond donors (Lipinski definition) is 2. The first-order valence-corrected chi connectivity index (χ1v) is 7.38. The number of amides is 2. The summed E-state index contributed by atoms with van der Waals surface area (Å²) in [7, 11) is 0. The number of hydrogen-bond acceptors (Lipinski definition) is 3. The van der Waals surface area contributed by atoms with Crippen molar-refractivity contribution in [3.8, 4) is 0 Å². The molecule has 0 fully saturated rings. The van der Waals surface area contributed by atoms with Crippen LogP contribution in [0, 0.1) is 0 Å². The number of thiophene rings is 1. The van der Waals surface area contributed by atoms with E-state index < -0.39 is 11.5 Å². The Kier molecular flexibility index (Phi) is 5.37. The van der Waals surface area contributed by atoms with Crippen LogP contribution in [0.15, 0.2) is 15.9 Å². The van der Waals surface area contributed by atoms with Gasteiger partial charge < -0.3 is 15.3 Å². The van der Waals surface area contributed by atoms with Crippen molar-refractivity contribution in [1.82, 2.24) is 10.2 Å². The molecule has 0 radical (unpaired) electrons. The number of nitrogens with zero attached hydrogens (tertiary/aromatic N) is 1. The fourth-order valence-corrected chi connectivity index (χ4v) is 2.88. The summed E-state index contributed by atoms with van der Waals surface area (Å²) in [5.74, 6) is -1.03. The van der Waals surface area contributed by atoms with Crippen LogP contribution in [0.1, 0.15) is 25.6 Å². The zero-order valence-corrected chi connectivity index (χ0v) is 13.5. The van der Waals surface area contributed by atoms with Gasteiger partial charge in [0.1, 0.15) is 6.54 Å². The second kappa shape index (κ2) is 6.38. The van der Waals surface area contributed by atoms with E-state index in [1.807, 2.05) is 11.4 Å². The number of carboxylic acids is 1. The van der Waals surface area contributed by atoms with Crippen molar-refractivity contribution in [3.05, 3.63) is 20.8 Å². The highest BCUT2D eigenvalue weighted by atomic mass is 79.9. The van der Waals surface area contributed by atoms with E-state index in [-0.39, 0.29) is 12.6 Å². The van der Waals surface area contributed by atoms with Crippen molar-refractivity contribution in [2.45, 2.75) is 32.9 Å². The Hall–Kier alpha value is -1.08. The van der Waals surface area contributed by atoms with Gasteiger partial charge in [0.25, 0.3) is 0 Å². The van der Waals surface area contributed by atoms with Crippen LogP contribution in [-0.4, -0.2) is 34.1 Å². The minimum absolute atomic E-state index is 0.319. The monoisotopic (exact) mass is 348 g/mol. The summed E-state index contributed by atoms with van der Waals surface area (Å²) >= 11 is 4.91. The van der Waals surface area contributed by atoms with E-state index in [0.29, 0.717) is 6.54 Å². The fourth-order valence-electron chi connectivity index (χ4n) is 1.45. The molecule has 7 heteroatoms. The molecule has 1 aromatic heterocycles. The first-order valence-electron chi connectivity index (χ1n) is 5.71. The van der Waals surface area contributed by atoms with Crippen molar-refractivity contribution in [3.63, 3.8) is 0 Å². The normalized spacial score (nSPS) is 11.2. The van der Waals surface area contributed by atoms with Crippen LogP contribution in [0.3, 0.4) is 0 Å². The SMILES string of the molecule is CC(C)(C)N(CC(=O)O)C(=O)NCc1sccc1Br. The van der Waals surface area contributed by atoms with Gasteiger partial charge in [-0.15, -0.1) is 11.3 Å². The molecule has 0 aromatic carbocycles. The Bertz CT molecular complexity index is 468. The molecule has 19 heavy (non-hydrogen) atoms. The summed E-state index contributed by atoms with van der Waals surface area (Å²) in [6.07, 6.45) is 0. The summed E-state index contributed by atoms with van der Waals surface area (Å²) in [5.41, 5.74) is -0.546. The highest BCUT2D eigenvalue weighted by molar-refractivity contribution is 9.10. The smallest absolute Gasteiger partial charge is 0.323 e. The summed E-state index contributed by atoms with van der Waals surface area (Å²) in [4.78, 5) is 25.2. The van der Waals surface area contributed by atoms with Gasteiger partial charge in [-0.1, -0.05) is 0 Å². The zero-order valence-electron chi connectivity index (χ0n) is 11.1. The lowest BCUT2D eigenvalue weighted by Gasteiger charge is -2.34. The Labute approximate surface area is 124 Å². The van der Waals surface area contributed by atoms with Crippen LogP contribution >= 0.6 is 27.3 Å². The molecule has 5 nitrogen and oxygen atoms in total. The van der Waals surface area contributed by atoms with E-state index in [1.54, 1.807) is 20.8 Å². The van der Waals surface area contributed by atoms with Gasteiger partial charge in [0, 0.05) is 14.9 Å². The molecule has 0 aliphatic heterocycles. The highest BCUT2D eigenvalue weighted by Gasteiger charge is 2.28. The van der Waals surface area contributed by atoms with E-state index in [9.17, 15) is 9.59 Å². The van der Waals surface area contributed by atoms with Gasteiger partial charge in [0.05, 0.1) is 6.54 Å².